The molecule has 0 radical (unpaired) electrons. The van der Waals surface area contributed by atoms with Gasteiger partial charge in [0.2, 0.25) is 11.7 Å². The van der Waals surface area contributed by atoms with Crippen molar-refractivity contribution in [2.24, 2.45) is 15.9 Å². The Labute approximate surface area is 180 Å². The number of thiophene rings is 1. The van der Waals surface area contributed by atoms with Gasteiger partial charge in [0.05, 0.1) is 31.3 Å². The van der Waals surface area contributed by atoms with Crippen LogP contribution in [0.4, 0.5) is 4.79 Å². The predicted octanol–water partition coefficient (Wildman–Crippen LogP) is 0.568. The number of nitrogens with one attached hydrogen (secondary N) is 1. The van der Waals surface area contributed by atoms with Crippen molar-refractivity contribution in [2.45, 2.75) is 6.92 Å². The van der Waals surface area contributed by atoms with Crippen molar-refractivity contribution in [3.8, 4) is 0 Å². The molecule has 3 heterocycles. The van der Waals surface area contributed by atoms with Gasteiger partial charge in [0.1, 0.15) is 11.6 Å². The number of rotatable bonds is 6. The molecule has 4 amide bonds. The molecule has 1 N–H and O–H groups in total. The number of carbonyl (C=O) groups is 4. The maximum Gasteiger partial charge on any atom is 0.445 e. The molecule has 0 saturated carbocycles. The average molecular weight is 451 g/mol. The number of amides is 4. The van der Waals surface area contributed by atoms with Crippen LogP contribution in [0.3, 0.4) is 0 Å². The van der Waals surface area contributed by atoms with Crippen molar-refractivity contribution >= 4 is 63.6 Å². The van der Waals surface area contributed by atoms with E-state index in [4.69, 9.17) is 4.74 Å². The zero-order chi connectivity index (χ0) is 21.8. The van der Waals surface area contributed by atoms with E-state index in [1.165, 1.54) is 23.0 Å². The highest BCUT2D eigenvalue weighted by molar-refractivity contribution is 8.14. The van der Waals surface area contributed by atoms with Crippen molar-refractivity contribution in [1.29, 1.82) is 0 Å². The summed E-state index contributed by atoms with van der Waals surface area (Å²) in [5.41, 5.74) is 0. The monoisotopic (exact) mass is 450 g/mol. The number of urea groups is 1. The van der Waals surface area contributed by atoms with Gasteiger partial charge in [-0.25, -0.2) is 9.79 Å². The third-order valence-corrected chi connectivity index (χ3v) is 6.16. The summed E-state index contributed by atoms with van der Waals surface area (Å²) in [4.78, 5) is 59.4. The number of esters is 1. The topological polar surface area (TPSA) is 121 Å². The number of carbonyl (C=O) groups excluding carboxylic acids is 4. The molecule has 0 aromatic carbocycles. The van der Waals surface area contributed by atoms with E-state index in [1.807, 2.05) is 17.5 Å². The van der Waals surface area contributed by atoms with Gasteiger partial charge in [-0.1, -0.05) is 22.8 Å². The van der Waals surface area contributed by atoms with E-state index < -0.39 is 29.7 Å². The quantitative estimate of drug-likeness (QED) is 0.500. The van der Waals surface area contributed by atoms with E-state index in [0.717, 1.165) is 21.5 Å². The normalized spacial score (nSPS) is 18.6. The number of thioether (sulfide) groups is 1. The van der Waals surface area contributed by atoms with Crippen LogP contribution in [0.15, 0.2) is 27.5 Å². The summed E-state index contributed by atoms with van der Waals surface area (Å²) >= 11 is 2.49. The molecule has 0 fully saturated rings. The van der Waals surface area contributed by atoms with E-state index in [2.05, 4.69) is 15.3 Å². The second-order valence-corrected chi connectivity index (χ2v) is 8.21. The second-order valence-electron chi connectivity index (χ2n) is 6.26. The van der Waals surface area contributed by atoms with Gasteiger partial charge in [0.15, 0.2) is 5.92 Å². The molecule has 12 heteroatoms. The van der Waals surface area contributed by atoms with Crippen LogP contribution in [0.2, 0.25) is 0 Å². The zero-order valence-electron chi connectivity index (χ0n) is 16.6. The highest BCUT2D eigenvalue weighted by Crippen LogP contribution is 2.27. The van der Waals surface area contributed by atoms with E-state index in [0.29, 0.717) is 10.9 Å². The van der Waals surface area contributed by atoms with Crippen LogP contribution >= 0.6 is 23.1 Å². The van der Waals surface area contributed by atoms with Crippen molar-refractivity contribution in [2.75, 3.05) is 33.0 Å². The first-order valence-electron chi connectivity index (χ1n) is 9.01. The Hall–Kier alpha value is -2.86. The molecule has 0 saturated heterocycles. The van der Waals surface area contributed by atoms with Crippen LogP contribution in [0.5, 0.6) is 0 Å². The van der Waals surface area contributed by atoms with Crippen molar-refractivity contribution in [3.63, 3.8) is 0 Å². The summed E-state index contributed by atoms with van der Waals surface area (Å²) in [7, 11) is 2.94. The molecule has 0 bridgehead atoms. The number of hydrogen-bond donors (Lipinski definition) is 1. The van der Waals surface area contributed by atoms with Gasteiger partial charge in [-0.2, -0.15) is 9.48 Å². The SMILES string of the molecule is CCOC(=O)CNC(=O)CSC1=NC(c2cccs2)=NC2=[N+](C)C(=O)N(C)C(=O)C12. The number of fused-ring (bicyclic) bond motifs is 1. The van der Waals surface area contributed by atoms with Crippen molar-refractivity contribution in [3.05, 3.63) is 22.4 Å². The summed E-state index contributed by atoms with van der Waals surface area (Å²) in [5, 5.41) is 4.71. The minimum atomic E-state index is -0.871. The van der Waals surface area contributed by atoms with Gasteiger partial charge in [-0.15, -0.1) is 11.3 Å². The minimum absolute atomic E-state index is 0.0611. The molecule has 1 aromatic rings. The summed E-state index contributed by atoms with van der Waals surface area (Å²) in [6, 6.07) is 3.19. The minimum Gasteiger partial charge on any atom is -0.465 e. The van der Waals surface area contributed by atoms with Crippen LogP contribution in [-0.2, 0) is 19.1 Å². The number of hydrogen-bond acceptors (Lipinski definition) is 9. The Balaban J connectivity index is 1.83. The molecule has 2 aliphatic heterocycles. The lowest BCUT2D eigenvalue weighted by molar-refractivity contribution is -0.407. The fourth-order valence-corrected chi connectivity index (χ4v) is 4.34. The largest absolute Gasteiger partial charge is 0.465 e. The van der Waals surface area contributed by atoms with Gasteiger partial charge in [0, 0.05) is 0 Å². The smallest absolute Gasteiger partial charge is 0.445 e. The summed E-state index contributed by atoms with van der Waals surface area (Å²) in [6.45, 7) is 1.67. The molecule has 3 rings (SSSR count). The molecule has 0 aliphatic carbocycles. The van der Waals surface area contributed by atoms with Crippen LogP contribution < -0.4 is 5.32 Å². The number of aliphatic imine (C=N–C) groups is 2. The molecule has 158 valence electrons. The van der Waals surface area contributed by atoms with Crippen LogP contribution in [0.25, 0.3) is 0 Å². The first-order chi connectivity index (χ1) is 14.3. The maximum absolute atomic E-state index is 12.8. The molecular formula is C18H20N5O5S2+. The molecular weight excluding hydrogens is 430 g/mol. The molecule has 1 aromatic heterocycles. The zero-order valence-corrected chi connectivity index (χ0v) is 18.2. The Morgan fingerprint density at radius 2 is 2.13 bits per heavy atom. The van der Waals surface area contributed by atoms with Gasteiger partial charge in [-0.05, 0) is 18.4 Å². The first kappa shape index (κ1) is 21.8. The summed E-state index contributed by atoms with van der Waals surface area (Å²) in [5.74, 6) is -1.67. The average Bonchev–Trinajstić information content (AvgIpc) is 3.27. The van der Waals surface area contributed by atoms with E-state index in [-0.39, 0.29) is 24.7 Å². The third kappa shape index (κ3) is 4.49. The number of amidine groups is 2. The van der Waals surface area contributed by atoms with Gasteiger partial charge >= 0.3 is 17.9 Å². The Morgan fingerprint density at radius 1 is 1.37 bits per heavy atom. The molecule has 2 aliphatic rings. The van der Waals surface area contributed by atoms with Crippen LogP contribution in [-0.4, -0.2) is 83.0 Å². The number of ether oxygens (including phenoxy) is 1. The molecule has 1 unspecified atom stereocenters. The standard InChI is InChI=1S/C18H19N5O5S2/c1-4-28-12(25)8-19-11(24)9-30-16-13-15(22(2)18(27)23(3)17(13)26)20-14(21-16)10-6-5-7-29-10/h5-7,13H,4,8-9H2,1-3H3/p+1. The van der Waals surface area contributed by atoms with Crippen LogP contribution in [0, 0.1) is 5.92 Å². The Bertz CT molecular complexity index is 983. The lowest BCUT2D eigenvalue weighted by Gasteiger charge is -2.26. The van der Waals surface area contributed by atoms with Gasteiger partial charge < -0.3 is 10.1 Å². The molecule has 0 spiro atoms. The Kier molecular flexibility index (Phi) is 6.77. The fourth-order valence-electron chi connectivity index (χ4n) is 2.78. The van der Waals surface area contributed by atoms with Crippen molar-refractivity contribution < 1.29 is 28.5 Å². The molecule has 10 nitrogen and oxygen atoms in total. The summed E-state index contributed by atoms with van der Waals surface area (Å²) < 4.78 is 6.09. The van der Waals surface area contributed by atoms with Crippen molar-refractivity contribution in [1.82, 2.24) is 10.2 Å². The highest BCUT2D eigenvalue weighted by Gasteiger charge is 2.49. The predicted molar refractivity (Wildman–Crippen MR) is 113 cm³/mol. The Morgan fingerprint density at radius 3 is 2.80 bits per heavy atom. The van der Waals surface area contributed by atoms with E-state index in [9.17, 15) is 19.2 Å². The third-order valence-electron chi connectivity index (χ3n) is 4.26. The number of nitrogens with zero attached hydrogens (tertiary/aromatic N) is 4. The second kappa shape index (κ2) is 9.30. The van der Waals surface area contributed by atoms with Gasteiger partial charge in [0.25, 0.3) is 5.84 Å². The molecule has 1 atom stereocenters. The van der Waals surface area contributed by atoms with Gasteiger partial charge in [-0.3, -0.25) is 14.4 Å². The fraction of sp³-hybridized carbons (Fsp3) is 0.389. The lowest BCUT2D eigenvalue weighted by atomic mass is 10.0. The van der Waals surface area contributed by atoms with E-state index in [1.54, 1.807) is 14.0 Å². The number of imide groups is 1. The summed E-state index contributed by atoms with van der Waals surface area (Å²) in [6.07, 6.45) is 0. The first-order valence-corrected chi connectivity index (χ1v) is 10.9. The van der Waals surface area contributed by atoms with E-state index >= 15 is 0 Å². The lowest BCUT2D eigenvalue weighted by Crippen LogP contribution is -2.54. The van der Waals surface area contributed by atoms with Crippen LogP contribution in [0.1, 0.15) is 11.8 Å². The maximum atomic E-state index is 12.8. The molecule has 30 heavy (non-hydrogen) atoms. The highest BCUT2D eigenvalue weighted by atomic mass is 32.2.